The molecule has 4 aromatic carbocycles. The molecule has 27 heteroatoms. The third-order valence-electron chi connectivity index (χ3n) is 15.8. The molecule has 0 spiro atoms. The van der Waals surface area contributed by atoms with E-state index in [-0.39, 0.29) is 44.5 Å². The largest absolute Gasteiger partial charge is 0.497 e. The summed E-state index contributed by atoms with van der Waals surface area (Å²) in [6.45, 7) is 6.16. The molecule has 0 aliphatic carbocycles. The normalized spacial score (nSPS) is 24.2. The Labute approximate surface area is 535 Å². The van der Waals surface area contributed by atoms with Gasteiger partial charge in [0.05, 0.1) is 19.6 Å². The first-order valence-electron chi connectivity index (χ1n) is 30.0. The molecule has 488 valence electrons. The number of H-pyrrole nitrogens is 1. The number of aromatic amines is 1. The zero-order valence-corrected chi connectivity index (χ0v) is 53.0. The lowest BCUT2D eigenvalue weighted by molar-refractivity contribution is -0.147. The number of carbonyl (C=O) groups excluding carboxylic acids is 9. The molecule has 7 rings (SSSR count). The number of thioether (sulfide) groups is 2. The van der Waals surface area contributed by atoms with E-state index in [9.17, 15) is 62.5 Å². The van der Waals surface area contributed by atoms with E-state index in [0.717, 1.165) is 11.1 Å². The fraction of sp³-hybridized carbons (Fsp3) is 0.438. The standard InChI is InChI=1S/C64H80FN11O13S2/c1-36-56(81)70-37(2)57(82)71-49(28-40-9-6-10-41(25-40)32-66)58(83)72-50(29-44-33-68-48-18-15-45(65)30-47(44)48)59(84)73-51(31-54(79)80)60(85)75-55(38(3)77)61(86)74-52(27-39-13-16-46(89-5)17-14-39)62(87)76-22-8-20-64(76,4)63(88)67-21-24-91-35-43-12-7-11-42(26-43)34-90-23-19-53(78)69-36/h6-7,9-18,25-26,30,33,36-38,49-52,55,68,77H,8,19-24,27-29,31-32,34-35,66H2,1-5H3,(H,67,88)(H,69,78)(H,70,81)(H,71,82)(H,72,83)(H,73,84)(H,74,86)(H,75,85)(H,79,80)/t36-,37+,38+,49-,50-,51-,52-,55+,64-/m0/s1. The van der Waals surface area contributed by atoms with Gasteiger partial charge in [-0.3, -0.25) is 47.9 Å². The van der Waals surface area contributed by atoms with Crippen LogP contribution in [0.4, 0.5) is 4.39 Å². The van der Waals surface area contributed by atoms with Gasteiger partial charge in [-0.15, -0.1) is 0 Å². The van der Waals surface area contributed by atoms with Crippen molar-refractivity contribution >= 4 is 93.6 Å². The fourth-order valence-corrected chi connectivity index (χ4v) is 12.4. The smallest absolute Gasteiger partial charge is 0.305 e. The monoisotopic (exact) mass is 1290 g/mol. The molecule has 24 nitrogen and oxygen atoms in total. The first-order valence-corrected chi connectivity index (χ1v) is 32.3. The van der Waals surface area contributed by atoms with Crippen molar-refractivity contribution < 1.29 is 67.3 Å². The number of carboxylic acids is 1. The molecule has 2 aliphatic heterocycles. The number of hydrogen-bond donors (Lipinski definition) is 12. The average molecular weight is 1290 g/mol. The number of aliphatic hydroxyl groups is 1. The van der Waals surface area contributed by atoms with Gasteiger partial charge in [0, 0.05) is 85.4 Å². The molecular weight excluding hydrogens is 1210 g/mol. The molecule has 3 heterocycles. The number of aliphatic hydroxyl groups excluding tert-OH is 1. The predicted octanol–water partition coefficient (Wildman–Crippen LogP) is 2.16. The number of aromatic nitrogens is 1. The number of methoxy groups -OCH3 is 1. The van der Waals surface area contributed by atoms with Crippen molar-refractivity contribution in [2.24, 2.45) is 5.73 Å². The minimum Gasteiger partial charge on any atom is -0.497 e. The van der Waals surface area contributed by atoms with Gasteiger partial charge in [-0.2, -0.15) is 23.5 Å². The van der Waals surface area contributed by atoms with Gasteiger partial charge in [0.25, 0.3) is 0 Å². The Balaban J connectivity index is 1.21. The molecule has 13 N–H and O–H groups in total. The Bertz CT molecular complexity index is 3450. The molecule has 91 heavy (non-hydrogen) atoms. The summed E-state index contributed by atoms with van der Waals surface area (Å²) in [6, 6.07) is 14.3. The van der Waals surface area contributed by atoms with Crippen molar-refractivity contribution in [1.82, 2.24) is 52.4 Å². The van der Waals surface area contributed by atoms with Crippen LogP contribution >= 0.6 is 23.5 Å². The Morgan fingerprint density at radius 1 is 0.703 bits per heavy atom. The highest BCUT2D eigenvalue weighted by Crippen LogP contribution is 2.31. The van der Waals surface area contributed by atoms with E-state index in [1.807, 2.05) is 18.2 Å². The maximum Gasteiger partial charge on any atom is 0.305 e. The van der Waals surface area contributed by atoms with Crippen LogP contribution in [0.5, 0.6) is 5.75 Å². The maximum atomic E-state index is 14.9. The predicted molar refractivity (Wildman–Crippen MR) is 341 cm³/mol. The topological polar surface area (TPSA) is 362 Å². The van der Waals surface area contributed by atoms with Crippen molar-refractivity contribution in [1.29, 1.82) is 0 Å². The molecule has 1 aromatic heterocycles. The number of benzene rings is 4. The van der Waals surface area contributed by atoms with Gasteiger partial charge in [-0.05, 0) is 104 Å². The highest BCUT2D eigenvalue weighted by Gasteiger charge is 2.48. The van der Waals surface area contributed by atoms with Crippen LogP contribution in [0, 0.1) is 5.82 Å². The Hall–Kier alpha value is -8.53. The first kappa shape index (κ1) is 69.9. The molecule has 1 saturated heterocycles. The number of nitrogens with zero attached hydrogens (tertiary/aromatic N) is 1. The van der Waals surface area contributed by atoms with Gasteiger partial charge < -0.3 is 73.1 Å². The van der Waals surface area contributed by atoms with Crippen molar-refractivity contribution in [3.63, 3.8) is 0 Å². The van der Waals surface area contributed by atoms with E-state index in [4.69, 9.17) is 10.5 Å². The van der Waals surface area contributed by atoms with E-state index in [1.165, 1.54) is 68.9 Å². The first-order chi connectivity index (χ1) is 43.4. The summed E-state index contributed by atoms with van der Waals surface area (Å²) in [5, 5.41) is 42.6. The summed E-state index contributed by atoms with van der Waals surface area (Å²) >= 11 is 3.12. The zero-order valence-electron chi connectivity index (χ0n) is 51.4. The van der Waals surface area contributed by atoms with Crippen LogP contribution in [0.1, 0.15) is 86.8 Å². The van der Waals surface area contributed by atoms with Crippen LogP contribution in [0.3, 0.4) is 0 Å². The van der Waals surface area contributed by atoms with E-state index in [0.29, 0.717) is 69.2 Å². The molecule has 1 fully saturated rings. The van der Waals surface area contributed by atoms with E-state index in [1.54, 1.807) is 67.2 Å². The molecule has 9 amide bonds. The highest BCUT2D eigenvalue weighted by atomic mass is 32.2. The number of fused-ring (bicyclic) bond motifs is 4. The highest BCUT2D eigenvalue weighted by molar-refractivity contribution is 7.98. The quantitative estimate of drug-likeness (QED) is 0.0902. The number of nitrogens with two attached hydrogens (primary N) is 1. The van der Waals surface area contributed by atoms with Crippen LogP contribution in [-0.4, -0.2) is 165 Å². The summed E-state index contributed by atoms with van der Waals surface area (Å²) in [4.78, 5) is 145. The summed E-state index contributed by atoms with van der Waals surface area (Å²) < 4.78 is 20.1. The molecule has 5 aromatic rings. The number of aliphatic carboxylic acids is 1. The molecule has 2 aliphatic rings. The van der Waals surface area contributed by atoms with Gasteiger partial charge >= 0.3 is 5.97 Å². The van der Waals surface area contributed by atoms with Gasteiger partial charge in [-0.25, -0.2) is 4.39 Å². The average Bonchev–Trinajstić information content (AvgIpc) is 1.74. The minimum absolute atomic E-state index is 0.0840. The number of halogens is 1. The molecule has 0 saturated carbocycles. The molecule has 9 atom stereocenters. The zero-order chi connectivity index (χ0) is 65.9. The molecule has 0 radical (unpaired) electrons. The Morgan fingerprint density at radius 2 is 1.31 bits per heavy atom. The second-order valence-electron chi connectivity index (χ2n) is 22.9. The number of carboxylic acid groups (broad SMARTS) is 1. The van der Waals surface area contributed by atoms with Gasteiger partial charge in [-0.1, -0.05) is 60.7 Å². The van der Waals surface area contributed by atoms with E-state index >= 15 is 0 Å². The van der Waals surface area contributed by atoms with Crippen LogP contribution < -0.4 is 53.0 Å². The maximum absolute atomic E-state index is 14.9. The third-order valence-corrected chi connectivity index (χ3v) is 17.9. The SMILES string of the molecule is COc1ccc(C[C@@H]2NC(=O)[C@@H]([C@@H](C)O)NC(=O)[C@H](CC(=O)O)NC(=O)[C@H](Cc3c[nH]c4ccc(F)cc34)NC(=O)[C@H](Cc3cccc(CN)c3)NC(=O)[C@@H](C)NC(=O)[C@H](C)NC(=O)CCSCc3cccc(c3)CSCCNC(=O)[C@]3(C)CCCN3C2=O)cc1. The summed E-state index contributed by atoms with van der Waals surface area (Å²) in [6.07, 6.45) is -1.30. The lowest BCUT2D eigenvalue weighted by Crippen LogP contribution is -2.63. The van der Waals surface area contributed by atoms with Gasteiger partial charge in [0.1, 0.15) is 59.4 Å². The number of carbonyl (C=O) groups is 10. The number of nitrogens with one attached hydrogen (secondary N) is 9. The molecular formula is C64H80FN11O13S2. The van der Waals surface area contributed by atoms with Gasteiger partial charge in [0.15, 0.2) is 0 Å². The lowest BCUT2D eigenvalue weighted by atomic mass is 9.95. The van der Waals surface area contributed by atoms with Gasteiger partial charge in [0.2, 0.25) is 53.2 Å². The lowest BCUT2D eigenvalue weighted by Gasteiger charge is -2.37. The van der Waals surface area contributed by atoms with E-state index < -0.39 is 132 Å². The minimum atomic E-state index is -2.02. The van der Waals surface area contributed by atoms with Crippen LogP contribution in [0.25, 0.3) is 10.9 Å². The molecule has 2 bridgehead atoms. The van der Waals surface area contributed by atoms with Crippen molar-refractivity contribution in [2.75, 3.05) is 31.7 Å². The second kappa shape index (κ2) is 33.0. The molecule has 0 unspecified atom stereocenters. The number of amides is 9. The van der Waals surface area contributed by atoms with Crippen LogP contribution in [0.15, 0.2) is 97.2 Å². The van der Waals surface area contributed by atoms with Crippen molar-refractivity contribution in [2.45, 2.75) is 145 Å². The fourth-order valence-electron chi connectivity index (χ4n) is 10.7. The number of ether oxygens (including phenoxy) is 1. The summed E-state index contributed by atoms with van der Waals surface area (Å²) in [5.74, 6) is -7.05. The number of hydrogen-bond acceptors (Lipinski definition) is 15. The Morgan fingerprint density at radius 3 is 1.99 bits per heavy atom. The van der Waals surface area contributed by atoms with Crippen LogP contribution in [0.2, 0.25) is 0 Å². The van der Waals surface area contributed by atoms with Crippen molar-refractivity contribution in [3.05, 3.63) is 136 Å². The summed E-state index contributed by atoms with van der Waals surface area (Å²) in [5.41, 5.74) is 9.14. The number of rotatable bonds is 11. The summed E-state index contributed by atoms with van der Waals surface area (Å²) in [7, 11) is 1.48. The third kappa shape index (κ3) is 19.7. The van der Waals surface area contributed by atoms with Crippen LogP contribution in [-0.2, 0) is 85.3 Å². The van der Waals surface area contributed by atoms with E-state index in [2.05, 4.69) is 53.6 Å². The second-order valence-corrected chi connectivity index (χ2v) is 25.1. The van der Waals surface area contributed by atoms with Crippen molar-refractivity contribution in [3.8, 4) is 5.75 Å². The Kier molecular flexibility index (Phi) is 25.3.